The van der Waals surface area contributed by atoms with Gasteiger partial charge in [0.15, 0.2) is 0 Å². The SMILES string of the molecule is CCN(CCN(C)C)C(=O)NC1CNC2Cc3cnc(N)nc3CC2C1. The molecule has 3 atom stereocenters. The van der Waals surface area contributed by atoms with Crippen LogP contribution >= 0.6 is 0 Å². The van der Waals surface area contributed by atoms with Gasteiger partial charge in [0.05, 0.1) is 0 Å². The Labute approximate surface area is 155 Å². The number of fused-ring (bicyclic) bond motifs is 2. The Bertz CT molecular complexity index is 636. The number of nitrogens with one attached hydrogen (secondary N) is 2. The minimum atomic E-state index is 0.0300. The molecule has 3 unspecified atom stereocenters. The van der Waals surface area contributed by atoms with Crippen LogP contribution in [-0.2, 0) is 12.8 Å². The summed E-state index contributed by atoms with van der Waals surface area (Å²) in [6.45, 7) is 5.16. The maximum Gasteiger partial charge on any atom is 0.317 e. The van der Waals surface area contributed by atoms with Crippen LogP contribution in [0.4, 0.5) is 10.7 Å². The van der Waals surface area contributed by atoms with Crippen LogP contribution in [0.2, 0.25) is 0 Å². The van der Waals surface area contributed by atoms with E-state index >= 15 is 0 Å². The van der Waals surface area contributed by atoms with Crippen LogP contribution in [0.5, 0.6) is 0 Å². The van der Waals surface area contributed by atoms with E-state index in [0.29, 0.717) is 17.9 Å². The third kappa shape index (κ3) is 4.42. The summed E-state index contributed by atoms with van der Waals surface area (Å²) >= 11 is 0. The first kappa shape index (κ1) is 18.8. The molecule has 0 bridgehead atoms. The summed E-state index contributed by atoms with van der Waals surface area (Å²) in [5.74, 6) is 0.808. The Balaban J connectivity index is 1.57. The number of hydrogen-bond donors (Lipinski definition) is 3. The van der Waals surface area contributed by atoms with E-state index in [-0.39, 0.29) is 12.1 Å². The second-order valence-electron chi connectivity index (χ2n) is 7.65. The summed E-state index contributed by atoms with van der Waals surface area (Å²) in [5.41, 5.74) is 7.99. The number of carbonyl (C=O) groups excluding carboxylic acids is 1. The van der Waals surface area contributed by atoms with Gasteiger partial charge >= 0.3 is 6.03 Å². The Morgan fingerprint density at radius 2 is 2.19 bits per heavy atom. The van der Waals surface area contributed by atoms with Crippen LogP contribution in [0.25, 0.3) is 0 Å². The standard InChI is InChI=1S/C18H31N7O/c1-4-25(6-5-24(2)3)18(26)22-14-7-12-8-16-13(9-15(12)20-11-14)10-21-17(19)23-16/h10,12,14-15,20H,4-9,11H2,1-3H3,(H,22,26)(H2,19,21,23). The average molecular weight is 361 g/mol. The number of carbonyl (C=O) groups is 1. The van der Waals surface area contributed by atoms with Crippen molar-refractivity contribution in [3.8, 4) is 0 Å². The first-order valence-corrected chi connectivity index (χ1v) is 9.50. The van der Waals surface area contributed by atoms with Crippen molar-refractivity contribution in [3.63, 3.8) is 0 Å². The van der Waals surface area contributed by atoms with Crippen LogP contribution in [0, 0.1) is 5.92 Å². The van der Waals surface area contributed by atoms with Crippen LogP contribution in [0.3, 0.4) is 0 Å². The zero-order valence-electron chi connectivity index (χ0n) is 16.0. The molecular weight excluding hydrogens is 330 g/mol. The summed E-state index contributed by atoms with van der Waals surface area (Å²) in [7, 11) is 4.04. The Kier molecular flexibility index (Phi) is 5.93. The van der Waals surface area contributed by atoms with Crippen LogP contribution in [-0.4, -0.2) is 78.2 Å². The molecule has 3 rings (SSSR count). The monoisotopic (exact) mass is 361 g/mol. The van der Waals surface area contributed by atoms with E-state index in [1.807, 2.05) is 32.1 Å². The predicted octanol–water partition coefficient (Wildman–Crippen LogP) is 0.0972. The van der Waals surface area contributed by atoms with Crippen LogP contribution in [0.15, 0.2) is 6.20 Å². The molecule has 144 valence electrons. The smallest absolute Gasteiger partial charge is 0.317 e. The lowest BCUT2D eigenvalue weighted by Crippen LogP contribution is -2.58. The highest BCUT2D eigenvalue weighted by molar-refractivity contribution is 5.74. The van der Waals surface area contributed by atoms with E-state index in [4.69, 9.17) is 5.73 Å². The largest absolute Gasteiger partial charge is 0.368 e. The molecule has 4 N–H and O–H groups in total. The van der Waals surface area contributed by atoms with Gasteiger partial charge in [-0.1, -0.05) is 0 Å². The van der Waals surface area contributed by atoms with Crippen molar-refractivity contribution < 1.29 is 4.79 Å². The molecule has 2 amide bonds. The lowest BCUT2D eigenvalue weighted by molar-refractivity contribution is 0.175. The van der Waals surface area contributed by atoms with E-state index in [1.165, 1.54) is 5.56 Å². The minimum absolute atomic E-state index is 0.0300. The van der Waals surface area contributed by atoms with Gasteiger partial charge in [-0.15, -0.1) is 0 Å². The fourth-order valence-electron chi connectivity index (χ4n) is 3.93. The molecule has 0 radical (unpaired) electrons. The molecule has 8 heteroatoms. The normalized spacial score (nSPS) is 24.7. The molecule has 0 spiro atoms. The van der Waals surface area contributed by atoms with Gasteiger partial charge in [-0.3, -0.25) is 0 Å². The first-order valence-electron chi connectivity index (χ1n) is 9.50. The number of nitrogen functional groups attached to an aromatic ring is 1. The molecule has 1 aliphatic carbocycles. The molecular formula is C18H31N7O. The van der Waals surface area contributed by atoms with Crippen molar-refractivity contribution in [2.24, 2.45) is 5.92 Å². The molecule has 26 heavy (non-hydrogen) atoms. The summed E-state index contributed by atoms with van der Waals surface area (Å²) in [6, 6.07) is 0.610. The van der Waals surface area contributed by atoms with Gasteiger partial charge < -0.3 is 26.2 Å². The minimum Gasteiger partial charge on any atom is -0.368 e. The number of nitrogens with zero attached hydrogens (tertiary/aromatic N) is 4. The predicted molar refractivity (Wildman–Crippen MR) is 102 cm³/mol. The number of piperidine rings is 1. The number of anilines is 1. The van der Waals surface area contributed by atoms with Crippen molar-refractivity contribution >= 4 is 12.0 Å². The number of rotatable bonds is 5. The highest BCUT2D eigenvalue weighted by Crippen LogP contribution is 2.30. The summed E-state index contributed by atoms with van der Waals surface area (Å²) in [6.07, 6.45) is 4.65. The van der Waals surface area contributed by atoms with Crippen molar-refractivity contribution in [1.29, 1.82) is 0 Å². The molecule has 0 saturated carbocycles. The second kappa shape index (κ2) is 8.18. The van der Waals surface area contributed by atoms with Gasteiger partial charge in [0.25, 0.3) is 0 Å². The quantitative estimate of drug-likeness (QED) is 0.688. The summed E-state index contributed by atoms with van der Waals surface area (Å²) in [4.78, 5) is 25.1. The summed E-state index contributed by atoms with van der Waals surface area (Å²) in [5, 5.41) is 6.82. The third-order valence-corrected chi connectivity index (χ3v) is 5.46. The molecule has 2 heterocycles. The van der Waals surface area contributed by atoms with Gasteiger partial charge in [-0.2, -0.15) is 0 Å². The zero-order chi connectivity index (χ0) is 18.7. The van der Waals surface area contributed by atoms with Crippen molar-refractivity contribution in [2.45, 2.75) is 38.3 Å². The molecule has 1 aromatic rings. The first-order chi connectivity index (χ1) is 12.5. The molecule has 1 aromatic heterocycles. The highest BCUT2D eigenvalue weighted by atomic mass is 16.2. The number of aromatic nitrogens is 2. The Morgan fingerprint density at radius 1 is 1.38 bits per heavy atom. The molecule has 2 aliphatic rings. The average Bonchev–Trinajstić information content (AvgIpc) is 2.60. The van der Waals surface area contributed by atoms with Crippen molar-refractivity contribution in [2.75, 3.05) is 46.0 Å². The summed E-state index contributed by atoms with van der Waals surface area (Å²) < 4.78 is 0. The maximum atomic E-state index is 12.6. The lowest BCUT2D eigenvalue weighted by atomic mass is 9.77. The topological polar surface area (TPSA) is 99.4 Å². The number of likely N-dealkylation sites (N-methyl/N-ethyl adjacent to an activating group) is 2. The molecule has 0 aromatic carbocycles. The van der Waals surface area contributed by atoms with Crippen LogP contribution in [0.1, 0.15) is 24.6 Å². The van der Waals surface area contributed by atoms with E-state index in [0.717, 1.165) is 51.1 Å². The van der Waals surface area contributed by atoms with Gasteiger partial charge in [-0.25, -0.2) is 14.8 Å². The Morgan fingerprint density at radius 3 is 2.92 bits per heavy atom. The van der Waals surface area contributed by atoms with E-state index < -0.39 is 0 Å². The van der Waals surface area contributed by atoms with E-state index in [2.05, 4.69) is 25.5 Å². The zero-order valence-corrected chi connectivity index (χ0v) is 16.0. The lowest BCUT2D eigenvalue weighted by Gasteiger charge is -2.41. The van der Waals surface area contributed by atoms with Gasteiger partial charge in [-0.05, 0) is 51.8 Å². The Hall–Kier alpha value is -1.93. The second-order valence-corrected chi connectivity index (χ2v) is 7.65. The fraction of sp³-hybridized carbons (Fsp3) is 0.722. The van der Waals surface area contributed by atoms with Gasteiger partial charge in [0, 0.05) is 50.2 Å². The van der Waals surface area contributed by atoms with Gasteiger partial charge in [0.1, 0.15) is 0 Å². The number of hydrogen-bond acceptors (Lipinski definition) is 6. The molecule has 1 fully saturated rings. The van der Waals surface area contributed by atoms with Crippen LogP contribution < -0.4 is 16.4 Å². The maximum absolute atomic E-state index is 12.6. The van der Waals surface area contributed by atoms with Gasteiger partial charge in [0.2, 0.25) is 5.95 Å². The molecule has 1 saturated heterocycles. The van der Waals surface area contributed by atoms with E-state index in [9.17, 15) is 4.79 Å². The highest BCUT2D eigenvalue weighted by Gasteiger charge is 2.35. The number of urea groups is 1. The third-order valence-electron chi connectivity index (χ3n) is 5.46. The van der Waals surface area contributed by atoms with Crippen molar-refractivity contribution in [3.05, 3.63) is 17.5 Å². The molecule has 8 nitrogen and oxygen atoms in total. The molecule has 1 aliphatic heterocycles. The fourth-order valence-corrected chi connectivity index (χ4v) is 3.93. The number of nitrogens with two attached hydrogens (primary N) is 1. The van der Waals surface area contributed by atoms with Crippen molar-refractivity contribution in [1.82, 2.24) is 30.4 Å². The number of amides is 2. The van der Waals surface area contributed by atoms with E-state index in [1.54, 1.807) is 0 Å².